The Morgan fingerprint density at radius 3 is 2.76 bits per heavy atom. The van der Waals surface area contributed by atoms with E-state index in [0.717, 1.165) is 17.3 Å². The Kier molecular flexibility index (Phi) is 5.51. The van der Waals surface area contributed by atoms with Crippen molar-refractivity contribution < 1.29 is 9.90 Å². The van der Waals surface area contributed by atoms with E-state index in [1.54, 1.807) is 18.3 Å². The minimum atomic E-state index is -0.440. The van der Waals surface area contributed by atoms with Gasteiger partial charge in [0.05, 0.1) is 5.56 Å². The van der Waals surface area contributed by atoms with Crippen molar-refractivity contribution in [3.05, 3.63) is 64.1 Å². The molecule has 0 aliphatic carbocycles. The quantitative estimate of drug-likeness (QED) is 0.642. The van der Waals surface area contributed by atoms with Crippen molar-refractivity contribution in [2.24, 2.45) is 5.10 Å². The summed E-state index contributed by atoms with van der Waals surface area (Å²) in [6.07, 6.45) is 3.25. The van der Waals surface area contributed by atoms with Crippen molar-refractivity contribution in [1.29, 1.82) is 0 Å². The fourth-order valence-electron chi connectivity index (χ4n) is 1.80. The topological polar surface area (TPSA) is 61.7 Å². The second-order valence-electron chi connectivity index (χ2n) is 4.44. The average Bonchev–Trinajstić information content (AvgIpc) is 2.50. The molecular weight excluding hydrogens is 332 g/mol. The number of nitrogens with one attached hydrogen (secondary N) is 1. The van der Waals surface area contributed by atoms with E-state index < -0.39 is 5.91 Å². The Hall–Kier alpha value is -2.14. The Morgan fingerprint density at radius 2 is 2.00 bits per heavy atom. The van der Waals surface area contributed by atoms with Crippen LogP contribution in [0.25, 0.3) is 0 Å². The first-order chi connectivity index (χ1) is 10.2. The molecule has 21 heavy (non-hydrogen) atoms. The number of phenols is 1. The molecule has 0 aliphatic heterocycles. The molecule has 0 saturated heterocycles. The number of amides is 1. The number of phenolic OH excluding ortho intramolecular Hbond substituents is 1. The van der Waals surface area contributed by atoms with Gasteiger partial charge < -0.3 is 5.11 Å². The van der Waals surface area contributed by atoms with Gasteiger partial charge in [-0.15, -0.1) is 0 Å². The van der Waals surface area contributed by atoms with Crippen LogP contribution in [0.1, 0.15) is 22.3 Å². The number of carbonyl (C=O) groups is 1. The predicted octanol–water partition coefficient (Wildman–Crippen LogP) is 3.50. The van der Waals surface area contributed by atoms with Gasteiger partial charge in [-0.25, -0.2) is 5.43 Å². The lowest BCUT2D eigenvalue weighted by Crippen LogP contribution is -2.17. The maximum atomic E-state index is 11.8. The van der Waals surface area contributed by atoms with Crippen LogP contribution in [0.15, 0.2) is 58.1 Å². The smallest absolute Gasteiger partial charge is 0.275 e. The van der Waals surface area contributed by atoms with Crippen LogP contribution in [0.2, 0.25) is 0 Å². The molecular formula is C16H15BrN2O2. The predicted molar refractivity (Wildman–Crippen MR) is 86.5 cm³/mol. The third-order valence-electron chi connectivity index (χ3n) is 2.87. The molecule has 2 aromatic rings. The molecule has 2 rings (SSSR count). The summed E-state index contributed by atoms with van der Waals surface area (Å²) in [6, 6.07) is 14.7. The third kappa shape index (κ3) is 4.72. The fraction of sp³-hybridized carbons (Fsp3) is 0.125. The number of nitrogens with zero attached hydrogens (tertiary/aromatic N) is 1. The first kappa shape index (κ1) is 15.3. The maximum absolute atomic E-state index is 11.8. The second kappa shape index (κ2) is 7.59. The Bertz CT molecular complexity index is 642. The summed E-state index contributed by atoms with van der Waals surface area (Å²) < 4.78 is 0.721. The van der Waals surface area contributed by atoms with Crippen LogP contribution in [0.4, 0.5) is 0 Å². The summed E-state index contributed by atoms with van der Waals surface area (Å²) in [4.78, 5) is 11.8. The number of aromatic hydroxyl groups is 1. The van der Waals surface area contributed by atoms with Gasteiger partial charge >= 0.3 is 0 Å². The first-order valence-electron chi connectivity index (χ1n) is 6.51. The van der Waals surface area contributed by atoms with Crippen molar-refractivity contribution in [2.45, 2.75) is 12.8 Å². The van der Waals surface area contributed by atoms with Crippen LogP contribution in [0.3, 0.4) is 0 Å². The zero-order valence-electron chi connectivity index (χ0n) is 11.3. The molecule has 108 valence electrons. The Balaban J connectivity index is 1.83. The largest absolute Gasteiger partial charge is 0.507 e. The highest BCUT2D eigenvalue weighted by Crippen LogP contribution is 2.21. The molecule has 0 spiro atoms. The highest BCUT2D eigenvalue weighted by molar-refractivity contribution is 9.10. The average molecular weight is 347 g/mol. The summed E-state index contributed by atoms with van der Waals surface area (Å²) in [7, 11) is 0. The minimum Gasteiger partial charge on any atom is -0.507 e. The number of hydrazone groups is 1. The number of rotatable bonds is 5. The lowest BCUT2D eigenvalue weighted by molar-refractivity contribution is 0.0952. The monoisotopic (exact) mass is 346 g/mol. The van der Waals surface area contributed by atoms with Crippen molar-refractivity contribution in [3.63, 3.8) is 0 Å². The maximum Gasteiger partial charge on any atom is 0.275 e. The first-order valence-corrected chi connectivity index (χ1v) is 7.30. The van der Waals surface area contributed by atoms with Gasteiger partial charge in [0.25, 0.3) is 5.91 Å². The van der Waals surface area contributed by atoms with E-state index in [1.165, 1.54) is 11.6 Å². The Morgan fingerprint density at radius 1 is 1.24 bits per heavy atom. The highest BCUT2D eigenvalue weighted by atomic mass is 79.9. The van der Waals surface area contributed by atoms with Crippen LogP contribution < -0.4 is 5.43 Å². The SMILES string of the molecule is O=C(N/N=C\CCc1ccccc1)c1cc(Br)ccc1O. The van der Waals surface area contributed by atoms with Gasteiger partial charge in [-0.3, -0.25) is 4.79 Å². The second-order valence-corrected chi connectivity index (χ2v) is 5.35. The summed E-state index contributed by atoms with van der Waals surface area (Å²) in [5, 5.41) is 13.5. The molecule has 0 atom stereocenters. The van der Waals surface area contributed by atoms with Gasteiger partial charge in [-0.2, -0.15) is 5.10 Å². The van der Waals surface area contributed by atoms with E-state index in [4.69, 9.17) is 0 Å². The highest BCUT2D eigenvalue weighted by Gasteiger charge is 2.10. The molecule has 2 N–H and O–H groups in total. The van der Waals surface area contributed by atoms with Crippen molar-refractivity contribution >= 4 is 28.1 Å². The molecule has 0 unspecified atom stereocenters. The zero-order chi connectivity index (χ0) is 15.1. The van der Waals surface area contributed by atoms with Crippen molar-refractivity contribution in [1.82, 2.24) is 5.43 Å². The van der Waals surface area contributed by atoms with Crippen molar-refractivity contribution in [2.75, 3.05) is 0 Å². The summed E-state index contributed by atoms with van der Waals surface area (Å²) in [5.74, 6) is -0.514. The standard InChI is InChI=1S/C16H15BrN2O2/c17-13-8-9-15(20)14(11-13)16(21)19-18-10-4-7-12-5-2-1-3-6-12/h1-3,5-6,8-11,20H,4,7H2,(H,19,21)/b18-10-. The third-order valence-corrected chi connectivity index (χ3v) is 3.36. The fourth-order valence-corrected chi connectivity index (χ4v) is 2.16. The molecule has 5 heteroatoms. The summed E-state index contributed by atoms with van der Waals surface area (Å²) in [6.45, 7) is 0. The molecule has 0 bridgehead atoms. The number of hydrogen-bond acceptors (Lipinski definition) is 3. The molecule has 0 radical (unpaired) electrons. The zero-order valence-corrected chi connectivity index (χ0v) is 12.9. The number of aryl methyl sites for hydroxylation is 1. The van der Waals surface area contributed by atoms with Crippen LogP contribution >= 0.6 is 15.9 Å². The van der Waals surface area contributed by atoms with E-state index in [-0.39, 0.29) is 11.3 Å². The Labute approximate surface area is 131 Å². The van der Waals surface area contributed by atoms with Gasteiger partial charge in [0, 0.05) is 10.7 Å². The van der Waals surface area contributed by atoms with Gasteiger partial charge in [0.15, 0.2) is 0 Å². The van der Waals surface area contributed by atoms with Crippen LogP contribution in [-0.2, 0) is 6.42 Å². The van der Waals surface area contributed by atoms with Gasteiger partial charge in [0.2, 0.25) is 0 Å². The van der Waals surface area contributed by atoms with Gasteiger partial charge in [-0.05, 0) is 36.6 Å². The summed E-state index contributed by atoms with van der Waals surface area (Å²) in [5.41, 5.74) is 3.81. The molecule has 4 nitrogen and oxygen atoms in total. The number of carbonyl (C=O) groups excluding carboxylic acids is 1. The normalized spacial score (nSPS) is 10.7. The van der Waals surface area contributed by atoms with Crippen LogP contribution in [0.5, 0.6) is 5.75 Å². The minimum absolute atomic E-state index is 0.0739. The lowest BCUT2D eigenvalue weighted by Gasteiger charge is -2.03. The molecule has 0 heterocycles. The van der Waals surface area contributed by atoms with E-state index in [9.17, 15) is 9.90 Å². The number of halogens is 1. The molecule has 2 aromatic carbocycles. The van der Waals surface area contributed by atoms with E-state index in [2.05, 4.69) is 26.5 Å². The molecule has 0 aromatic heterocycles. The number of benzene rings is 2. The van der Waals surface area contributed by atoms with Crippen LogP contribution in [-0.4, -0.2) is 17.2 Å². The molecule has 0 saturated carbocycles. The van der Waals surface area contributed by atoms with E-state index in [1.807, 2.05) is 30.3 Å². The van der Waals surface area contributed by atoms with E-state index >= 15 is 0 Å². The van der Waals surface area contributed by atoms with Gasteiger partial charge in [0.1, 0.15) is 5.75 Å². The van der Waals surface area contributed by atoms with Crippen molar-refractivity contribution in [3.8, 4) is 5.75 Å². The molecule has 1 amide bonds. The van der Waals surface area contributed by atoms with Crippen LogP contribution in [0, 0.1) is 0 Å². The summed E-state index contributed by atoms with van der Waals surface area (Å²) >= 11 is 3.25. The van der Waals surface area contributed by atoms with E-state index in [0.29, 0.717) is 0 Å². The molecule has 0 fully saturated rings. The molecule has 0 aliphatic rings. The lowest BCUT2D eigenvalue weighted by atomic mass is 10.1. The number of hydrogen-bond donors (Lipinski definition) is 2. The van der Waals surface area contributed by atoms with Gasteiger partial charge in [-0.1, -0.05) is 46.3 Å².